The van der Waals surface area contributed by atoms with Crippen LogP contribution in [0.1, 0.15) is 12.0 Å². The number of hydrogen-bond donors (Lipinski definition) is 1. The van der Waals surface area contributed by atoms with Gasteiger partial charge in [-0.3, -0.25) is 0 Å². The third-order valence-electron chi connectivity index (χ3n) is 3.00. The van der Waals surface area contributed by atoms with E-state index in [-0.39, 0.29) is 0 Å². The minimum atomic E-state index is 0.789. The summed E-state index contributed by atoms with van der Waals surface area (Å²) in [4.78, 5) is 2.38. The maximum absolute atomic E-state index is 4.99. The predicted octanol–water partition coefficient (Wildman–Crippen LogP) is 1.79. The fraction of sp³-hybridized carbons (Fsp3) is 0.600. The fourth-order valence-corrected chi connectivity index (χ4v) is 1.88. The molecule has 0 aliphatic carbocycles. The van der Waals surface area contributed by atoms with Gasteiger partial charge in [0, 0.05) is 26.7 Å². The van der Waals surface area contributed by atoms with Crippen molar-refractivity contribution < 1.29 is 4.74 Å². The summed E-state index contributed by atoms with van der Waals surface area (Å²) in [7, 11) is 3.92. The Balaban J connectivity index is 1.98. The first-order chi connectivity index (χ1) is 8.83. The molecule has 0 aliphatic heterocycles. The van der Waals surface area contributed by atoms with E-state index in [2.05, 4.69) is 47.6 Å². The number of rotatable bonds is 10. The third kappa shape index (κ3) is 7.43. The van der Waals surface area contributed by atoms with Gasteiger partial charge in [0.25, 0.3) is 0 Å². The van der Waals surface area contributed by atoms with Gasteiger partial charge in [0.15, 0.2) is 0 Å². The van der Waals surface area contributed by atoms with Crippen LogP contribution >= 0.6 is 0 Å². The SMILES string of the molecule is COCCNCCN(C)CCCc1ccccc1. The van der Waals surface area contributed by atoms with Gasteiger partial charge in [-0.2, -0.15) is 0 Å². The van der Waals surface area contributed by atoms with Gasteiger partial charge in [-0.05, 0) is 32.0 Å². The third-order valence-corrected chi connectivity index (χ3v) is 3.00. The quantitative estimate of drug-likeness (QED) is 0.641. The van der Waals surface area contributed by atoms with E-state index in [9.17, 15) is 0 Å². The minimum Gasteiger partial charge on any atom is -0.383 e. The van der Waals surface area contributed by atoms with E-state index < -0.39 is 0 Å². The van der Waals surface area contributed by atoms with Crippen molar-refractivity contribution in [3.63, 3.8) is 0 Å². The van der Waals surface area contributed by atoms with E-state index in [4.69, 9.17) is 4.74 Å². The van der Waals surface area contributed by atoms with Crippen LogP contribution in [-0.4, -0.2) is 51.8 Å². The lowest BCUT2D eigenvalue weighted by Crippen LogP contribution is -2.31. The largest absolute Gasteiger partial charge is 0.383 e. The Morgan fingerprint density at radius 1 is 1.11 bits per heavy atom. The number of likely N-dealkylation sites (N-methyl/N-ethyl adjacent to an activating group) is 1. The lowest BCUT2D eigenvalue weighted by atomic mass is 10.1. The molecule has 1 aromatic rings. The molecule has 0 aliphatic rings. The van der Waals surface area contributed by atoms with E-state index in [0.717, 1.165) is 32.8 Å². The van der Waals surface area contributed by atoms with E-state index in [1.165, 1.54) is 18.4 Å². The standard InChI is InChI=1S/C15H26N2O/c1-17(13-10-16-11-14-18-2)12-6-9-15-7-4-3-5-8-15/h3-5,7-8,16H,6,9-14H2,1-2H3. The molecular formula is C15H26N2O. The zero-order valence-corrected chi connectivity index (χ0v) is 11.7. The van der Waals surface area contributed by atoms with Crippen molar-refractivity contribution in [2.45, 2.75) is 12.8 Å². The molecule has 0 heterocycles. The molecule has 1 rings (SSSR count). The Morgan fingerprint density at radius 3 is 2.61 bits per heavy atom. The van der Waals surface area contributed by atoms with Gasteiger partial charge in [0.1, 0.15) is 0 Å². The van der Waals surface area contributed by atoms with Crippen LogP contribution in [0.2, 0.25) is 0 Å². The summed E-state index contributed by atoms with van der Waals surface area (Å²) in [5.74, 6) is 0. The molecule has 0 aromatic heterocycles. The highest BCUT2D eigenvalue weighted by Crippen LogP contribution is 2.02. The van der Waals surface area contributed by atoms with Gasteiger partial charge in [0.05, 0.1) is 6.61 Å². The van der Waals surface area contributed by atoms with Crippen molar-refractivity contribution in [3.05, 3.63) is 35.9 Å². The van der Waals surface area contributed by atoms with Crippen LogP contribution in [0.25, 0.3) is 0 Å². The molecule has 0 amide bonds. The Hall–Kier alpha value is -0.900. The van der Waals surface area contributed by atoms with E-state index in [1.807, 2.05) is 0 Å². The molecule has 0 spiro atoms. The van der Waals surface area contributed by atoms with Crippen molar-refractivity contribution in [1.29, 1.82) is 0 Å². The van der Waals surface area contributed by atoms with Gasteiger partial charge < -0.3 is 15.0 Å². The molecule has 0 saturated carbocycles. The molecule has 3 nitrogen and oxygen atoms in total. The molecular weight excluding hydrogens is 224 g/mol. The average Bonchev–Trinajstić information content (AvgIpc) is 2.40. The number of nitrogens with zero attached hydrogens (tertiary/aromatic N) is 1. The summed E-state index contributed by atoms with van der Waals surface area (Å²) >= 11 is 0. The summed E-state index contributed by atoms with van der Waals surface area (Å²) in [6, 6.07) is 10.7. The van der Waals surface area contributed by atoms with Gasteiger partial charge in [-0.1, -0.05) is 30.3 Å². The molecule has 1 aromatic carbocycles. The number of methoxy groups -OCH3 is 1. The molecule has 0 saturated heterocycles. The number of aryl methyl sites for hydroxylation is 1. The van der Waals surface area contributed by atoms with Crippen LogP contribution in [0.5, 0.6) is 0 Å². The van der Waals surface area contributed by atoms with Crippen molar-refractivity contribution in [2.75, 3.05) is 46.9 Å². The molecule has 102 valence electrons. The Kier molecular flexibility index (Phi) is 8.47. The van der Waals surface area contributed by atoms with E-state index in [1.54, 1.807) is 7.11 Å². The van der Waals surface area contributed by atoms with Gasteiger partial charge >= 0.3 is 0 Å². The molecule has 0 bridgehead atoms. The van der Waals surface area contributed by atoms with Crippen LogP contribution in [-0.2, 0) is 11.2 Å². The second-order valence-corrected chi connectivity index (χ2v) is 4.64. The predicted molar refractivity (Wildman–Crippen MR) is 77.0 cm³/mol. The highest BCUT2D eigenvalue weighted by atomic mass is 16.5. The monoisotopic (exact) mass is 250 g/mol. The molecule has 0 unspecified atom stereocenters. The Morgan fingerprint density at radius 2 is 1.89 bits per heavy atom. The van der Waals surface area contributed by atoms with E-state index in [0.29, 0.717) is 0 Å². The topological polar surface area (TPSA) is 24.5 Å². The normalized spacial score (nSPS) is 11.1. The molecule has 3 heteroatoms. The summed E-state index contributed by atoms with van der Waals surface area (Å²) in [6.45, 7) is 5.01. The maximum atomic E-state index is 4.99. The van der Waals surface area contributed by atoms with Crippen LogP contribution in [0.3, 0.4) is 0 Å². The number of benzene rings is 1. The van der Waals surface area contributed by atoms with Crippen LogP contribution in [0.4, 0.5) is 0 Å². The molecule has 0 fully saturated rings. The summed E-state index contributed by atoms with van der Waals surface area (Å²) in [6.07, 6.45) is 2.39. The average molecular weight is 250 g/mol. The number of nitrogens with one attached hydrogen (secondary N) is 1. The highest BCUT2D eigenvalue weighted by molar-refractivity contribution is 5.14. The van der Waals surface area contributed by atoms with Crippen LogP contribution < -0.4 is 5.32 Å². The molecule has 1 N–H and O–H groups in total. The molecule has 18 heavy (non-hydrogen) atoms. The van der Waals surface area contributed by atoms with Crippen molar-refractivity contribution in [3.8, 4) is 0 Å². The van der Waals surface area contributed by atoms with Crippen LogP contribution in [0.15, 0.2) is 30.3 Å². The van der Waals surface area contributed by atoms with Gasteiger partial charge in [-0.25, -0.2) is 0 Å². The van der Waals surface area contributed by atoms with Gasteiger partial charge in [0.2, 0.25) is 0 Å². The number of hydrogen-bond acceptors (Lipinski definition) is 3. The zero-order valence-electron chi connectivity index (χ0n) is 11.7. The molecule has 0 radical (unpaired) electrons. The van der Waals surface area contributed by atoms with Crippen molar-refractivity contribution in [2.24, 2.45) is 0 Å². The summed E-state index contributed by atoms with van der Waals surface area (Å²) < 4.78 is 4.99. The fourth-order valence-electron chi connectivity index (χ4n) is 1.88. The zero-order chi connectivity index (χ0) is 13.1. The van der Waals surface area contributed by atoms with Gasteiger partial charge in [-0.15, -0.1) is 0 Å². The lowest BCUT2D eigenvalue weighted by molar-refractivity contribution is 0.198. The first kappa shape index (κ1) is 15.2. The second kappa shape index (κ2) is 10.1. The maximum Gasteiger partial charge on any atom is 0.0587 e. The number of ether oxygens (including phenoxy) is 1. The second-order valence-electron chi connectivity index (χ2n) is 4.64. The smallest absolute Gasteiger partial charge is 0.0587 e. The highest BCUT2D eigenvalue weighted by Gasteiger charge is 1.98. The first-order valence-corrected chi connectivity index (χ1v) is 6.75. The minimum absolute atomic E-state index is 0.789. The Labute approximate surface area is 111 Å². The summed E-state index contributed by atoms with van der Waals surface area (Å²) in [5, 5.41) is 3.36. The Bertz CT molecular complexity index is 290. The first-order valence-electron chi connectivity index (χ1n) is 6.75. The van der Waals surface area contributed by atoms with Crippen molar-refractivity contribution >= 4 is 0 Å². The van der Waals surface area contributed by atoms with Crippen molar-refractivity contribution in [1.82, 2.24) is 10.2 Å². The lowest BCUT2D eigenvalue weighted by Gasteiger charge is -2.16. The van der Waals surface area contributed by atoms with E-state index >= 15 is 0 Å². The molecule has 0 atom stereocenters. The summed E-state index contributed by atoms with van der Waals surface area (Å²) in [5.41, 5.74) is 1.43. The van der Waals surface area contributed by atoms with Crippen LogP contribution in [0, 0.1) is 0 Å².